The summed E-state index contributed by atoms with van der Waals surface area (Å²) in [6.07, 6.45) is 5.49. The maximum Gasteiger partial charge on any atom is 0.144 e. The number of pyridine rings is 1. The van der Waals surface area contributed by atoms with E-state index in [4.69, 9.17) is 31.8 Å². The van der Waals surface area contributed by atoms with Gasteiger partial charge in [0.15, 0.2) is 0 Å². The van der Waals surface area contributed by atoms with E-state index in [0.717, 1.165) is 17.5 Å². The number of nitrogen functional groups attached to an aromatic ring is 1. The number of nitrogens with two attached hydrogens (primary N) is 1. The van der Waals surface area contributed by atoms with Gasteiger partial charge in [0, 0.05) is 24.2 Å². The molecule has 0 spiro atoms. The van der Waals surface area contributed by atoms with Gasteiger partial charge in [-0.2, -0.15) is 5.26 Å². The minimum absolute atomic E-state index is 0.314. The van der Waals surface area contributed by atoms with Crippen molar-refractivity contribution in [2.75, 3.05) is 31.3 Å². The number of aryl methyl sites for hydroxylation is 1. The van der Waals surface area contributed by atoms with Crippen LogP contribution < -0.4 is 20.5 Å². The molecule has 0 amide bonds. The number of hydrogen-bond donors (Lipinski definition) is 2. The number of nitrogens with zero attached hydrogens (tertiary/aromatic N) is 3. The number of halogens is 1. The Hall–Kier alpha value is -3.76. The van der Waals surface area contributed by atoms with Crippen molar-refractivity contribution in [2.24, 2.45) is 4.99 Å². The molecule has 0 fully saturated rings. The first-order valence-corrected chi connectivity index (χ1v) is 11.9. The van der Waals surface area contributed by atoms with Crippen LogP contribution in [0.3, 0.4) is 0 Å². The normalized spacial score (nSPS) is 11.6. The molecule has 35 heavy (non-hydrogen) atoms. The standard InChI is InChI=1S/C27H30ClN5O2/c1-5-8-9-18(31-4)16-35-25-11-10-17(12-21(25)28)32-27-19-13-22(30)26(34-7-3)14-24(19)33-23(6-2)20(27)15-29/h8-14H,5-7,16,30H2,1-4H3,(H,32,33)/b9-8-,31-18?. The lowest BCUT2D eigenvalue weighted by Crippen LogP contribution is -2.09. The number of rotatable bonds is 10. The van der Waals surface area contributed by atoms with Crippen LogP contribution in [0.25, 0.3) is 10.9 Å². The Morgan fingerprint density at radius 2 is 2.00 bits per heavy atom. The highest BCUT2D eigenvalue weighted by molar-refractivity contribution is 6.32. The molecule has 0 radical (unpaired) electrons. The molecule has 0 aliphatic carbocycles. The topological polar surface area (TPSA) is 106 Å². The molecule has 0 bridgehead atoms. The maximum absolute atomic E-state index is 9.93. The van der Waals surface area contributed by atoms with E-state index in [2.05, 4.69) is 23.3 Å². The molecule has 0 atom stereocenters. The summed E-state index contributed by atoms with van der Waals surface area (Å²) in [5, 5.41) is 14.5. The van der Waals surface area contributed by atoms with E-state index < -0.39 is 0 Å². The van der Waals surface area contributed by atoms with Crippen molar-refractivity contribution in [1.29, 1.82) is 5.26 Å². The molecule has 8 heteroatoms. The van der Waals surface area contributed by atoms with E-state index in [9.17, 15) is 5.26 Å². The molecule has 3 aromatic rings. The highest BCUT2D eigenvalue weighted by Gasteiger charge is 2.17. The van der Waals surface area contributed by atoms with Gasteiger partial charge in [-0.1, -0.05) is 31.5 Å². The number of fused-ring (bicyclic) bond motifs is 1. The minimum atomic E-state index is 0.314. The van der Waals surface area contributed by atoms with E-state index in [1.54, 1.807) is 25.2 Å². The van der Waals surface area contributed by atoms with Crippen molar-refractivity contribution in [3.05, 3.63) is 58.8 Å². The molecular formula is C27H30ClN5O2. The number of benzene rings is 2. The molecule has 0 aliphatic heterocycles. The molecule has 2 aromatic carbocycles. The smallest absolute Gasteiger partial charge is 0.144 e. The van der Waals surface area contributed by atoms with E-state index in [1.807, 2.05) is 38.1 Å². The van der Waals surface area contributed by atoms with Gasteiger partial charge in [-0.3, -0.25) is 9.98 Å². The number of aliphatic imine (C=N–C) groups is 1. The van der Waals surface area contributed by atoms with Gasteiger partial charge in [0.1, 0.15) is 24.2 Å². The first-order chi connectivity index (χ1) is 16.9. The quantitative estimate of drug-likeness (QED) is 0.249. The van der Waals surface area contributed by atoms with Crippen molar-refractivity contribution in [2.45, 2.75) is 33.6 Å². The number of nitriles is 1. The first-order valence-electron chi connectivity index (χ1n) is 11.6. The summed E-state index contributed by atoms with van der Waals surface area (Å²) in [5.74, 6) is 1.11. The van der Waals surface area contributed by atoms with Crippen LogP contribution in [0.4, 0.5) is 17.1 Å². The van der Waals surface area contributed by atoms with Gasteiger partial charge < -0.3 is 20.5 Å². The van der Waals surface area contributed by atoms with Crippen molar-refractivity contribution in [1.82, 2.24) is 4.98 Å². The summed E-state index contributed by atoms with van der Waals surface area (Å²) in [6, 6.07) is 11.3. The average Bonchev–Trinajstić information content (AvgIpc) is 2.85. The van der Waals surface area contributed by atoms with Crippen LogP contribution in [0.1, 0.15) is 38.4 Å². The monoisotopic (exact) mass is 491 g/mol. The predicted molar refractivity (Wildman–Crippen MR) is 144 cm³/mol. The summed E-state index contributed by atoms with van der Waals surface area (Å²) in [4.78, 5) is 8.92. The van der Waals surface area contributed by atoms with Gasteiger partial charge in [-0.15, -0.1) is 0 Å². The molecule has 0 aliphatic rings. The van der Waals surface area contributed by atoms with Gasteiger partial charge in [0.25, 0.3) is 0 Å². The Labute approximate surface area is 211 Å². The van der Waals surface area contributed by atoms with Gasteiger partial charge >= 0.3 is 0 Å². The SMILES string of the molecule is CC/C=C\C(COc1ccc(Nc2c(C#N)c(CC)nc3cc(OCC)c(N)cc23)cc1Cl)=NC. The summed E-state index contributed by atoms with van der Waals surface area (Å²) in [5.41, 5.74) is 10.7. The fourth-order valence-electron chi connectivity index (χ4n) is 3.58. The number of anilines is 3. The molecule has 3 N–H and O–H groups in total. The zero-order valence-electron chi connectivity index (χ0n) is 20.5. The number of aromatic nitrogens is 1. The Bertz CT molecular complexity index is 1310. The zero-order chi connectivity index (χ0) is 25.4. The summed E-state index contributed by atoms with van der Waals surface area (Å²) in [6.45, 7) is 6.73. The van der Waals surface area contributed by atoms with Crippen LogP contribution >= 0.6 is 11.6 Å². The number of hydrogen-bond acceptors (Lipinski definition) is 7. The second kappa shape index (κ2) is 12.1. The highest BCUT2D eigenvalue weighted by atomic mass is 35.5. The minimum Gasteiger partial charge on any atom is -0.492 e. The number of ether oxygens (including phenoxy) is 2. The third kappa shape index (κ3) is 6.03. The molecule has 0 unspecified atom stereocenters. The van der Waals surface area contributed by atoms with Crippen LogP contribution in [-0.4, -0.2) is 31.0 Å². The molecule has 182 valence electrons. The summed E-state index contributed by atoms with van der Waals surface area (Å²) < 4.78 is 11.5. The number of allylic oxidation sites excluding steroid dienone is 1. The Balaban J connectivity index is 1.97. The molecule has 7 nitrogen and oxygen atoms in total. The van der Waals surface area contributed by atoms with E-state index in [-0.39, 0.29) is 0 Å². The largest absolute Gasteiger partial charge is 0.492 e. The van der Waals surface area contributed by atoms with E-state index in [0.29, 0.717) is 70.0 Å². The molecule has 1 heterocycles. The summed E-state index contributed by atoms with van der Waals surface area (Å²) >= 11 is 6.52. The molecule has 0 saturated carbocycles. The third-order valence-corrected chi connectivity index (χ3v) is 5.64. The maximum atomic E-state index is 9.93. The van der Waals surface area contributed by atoms with Gasteiger partial charge in [0.05, 0.1) is 45.5 Å². The van der Waals surface area contributed by atoms with Crippen LogP contribution in [0.15, 0.2) is 47.5 Å². The Kier molecular flexibility index (Phi) is 8.93. The average molecular weight is 492 g/mol. The van der Waals surface area contributed by atoms with Crippen LogP contribution in [0, 0.1) is 11.3 Å². The fraction of sp³-hybridized carbons (Fsp3) is 0.296. The van der Waals surface area contributed by atoms with E-state index >= 15 is 0 Å². The fourth-order valence-corrected chi connectivity index (χ4v) is 3.81. The number of nitrogens with one attached hydrogen (secondary N) is 1. The summed E-state index contributed by atoms with van der Waals surface area (Å²) in [7, 11) is 1.73. The molecule has 1 aromatic heterocycles. The zero-order valence-corrected chi connectivity index (χ0v) is 21.2. The third-order valence-electron chi connectivity index (χ3n) is 5.35. The lowest BCUT2D eigenvalue weighted by Gasteiger charge is -2.17. The van der Waals surface area contributed by atoms with E-state index in [1.165, 1.54) is 0 Å². The highest BCUT2D eigenvalue weighted by Crippen LogP contribution is 2.37. The Morgan fingerprint density at radius 3 is 2.63 bits per heavy atom. The van der Waals surface area contributed by atoms with Crippen molar-refractivity contribution < 1.29 is 9.47 Å². The lowest BCUT2D eigenvalue weighted by molar-refractivity contribution is 0.342. The van der Waals surface area contributed by atoms with Gasteiger partial charge in [-0.05, 0) is 50.1 Å². The first kappa shape index (κ1) is 25.9. The van der Waals surface area contributed by atoms with Gasteiger partial charge in [0.2, 0.25) is 0 Å². The molecule has 3 rings (SSSR count). The second-order valence-corrected chi connectivity index (χ2v) is 8.11. The van der Waals surface area contributed by atoms with Crippen LogP contribution in [-0.2, 0) is 6.42 Å². The van der Waals surface area contributed by atoms with Gasteiger partial charge in [-0.25, -0.2) is 0 Å². The van der Waals surface area contributed by atoms with Crippen LogP contribution in [0.5, 0.6) is 11.5 Å². The van der Waals surface area contributed by atoms with Crippen molar-refractivity contribution in [3.8, 4) is 17.6 Å². The second-order valence-electron chi connectivity index (χ2n) is 7.70. The molecular weight excluding hydrogens is 462 g/mol. The van der Waals surface area contributed by atoms with Crippen molar-refractivity contribution in [3.63, 3.8) is 0 Å². The lowest BCUT2D eigenvalue weighted by atomic mass is 10.0. The van der Waals surface area contributed by atoms with Crippen molar-refractivity contribution >= 4 is 45.3 Å². The molecule has 0 saturated heterocycles. The predicted octanol–water partition coefficient (Wildman–Crippen LogP) is 6.46. The Morgan fingerprint density at radius 1 is 1.20 bits per heavy atom. The van der Waals surface area contributed by atoms with Crippen LogP contribution in [0.2, 0.25) is 5.02 Å².